The zero-order valence-electron chi connectivity index (χ0n) is 12.0. The Labute approximate surface area is 132 Å². The van der Waals surface area contributed by atoms with Gasteiger partial charge in [-0.1, -0.05) is 11.6 Å². The van der Waals surface area contributed by atoms with Gasteiger partial charge in [-0.05, 0) is 19.1 Å². The highest BCUT2D eigenvalue weighted by Gasteiger charge is 2.62. The van der Waals surface area contributed by atoms with Crippen molar-refractivity contribution in [1.29, 1.82) is 0 Å². The second-order valence-corrected chi connectivity index (χ2v) is 6.49. The monoisotopic (exact) mass is 324 g/mol. The molecule has 1 aromatic heterocycles. The van der Waals surface area contributed by atoms with Crippen LogP contribution in [0.25, 0.3) is 0 Å². The zero-order chi connectivity index (χ0) is 15.6. The van der Waals surface area contributed by atoms with Crippen molar-refractivity contribution in [3.8, 4) is 0 Å². The number of amides is 3. The molecule has 3 amide bonds. The van der Waals surface area contributed by atoms with Crippen molar-refractivity contribution < 1.29 is 14.7 Å². The normalized spacial score (nSPS) is 36.3. The molecule has 0 radical (unpaired) electrons. The lowest BCUT2D eigenvalue weighted by Crippen LogP contribution is -2.50. The van der Waals surface area contributed by atoms with Crippen LogP contribution in [0.2, 0.25) is 5.15 Å². The predicted octanol–water partition coefficient (Wildman–Crippen LogP) is 0.548. The number of nitrogens with one attached hydrogen (secondary N) is 2. The van der Waals surface area contributed by atoms with Crippen LogP contribution in [0.1, 0.15) is 29.9 Å². The molecule has 3 aliphatic rings. The Bertz CT molecular complexity index is 675. The molecule has 0 spiro atoms. The van der Waals surface area contributed by atoms with Crippen LogP contribution in [0.3, 0.4) is 0 Å². The van der Waals surface area contributed by atoms with E-state index in [4.69, 9.17) is 11.6 Å². The molecule has 1 aromatic rings. The zero-order valence-corrected chi connectivity index (χ0v) is 12.8. The van der Waals surface area contributed by atoms with Gasteiger partial charge in [0.1, 0.15) is 10.8 Å². The van der Waals surface area contributed by atoms with E-state index in [0.717, 1.165) is 0 Å². The van der Waals surface area contributed by atoms with Gasteiger partial charge in [-0.15, -0.1) is 0 Å². The van der Waals surface area contributed by atoms with Crippen LogP contribution in [0.5, 0.6) is 0 Å². The first-order chi connectivity index (χ1) is 10.5. The fourth-order valence-corrected chi connectivity index (χ4v) is 4.52. The second kappa shape index (κ2) is 4.39. The molecular weight excluding hydrogens is 308 g/mol. The SMILES string of the molecule is CCN1C(=O)N[C@H]2[C@@H]3CNC(=O)c4ccc(Cl)n4[C@@H]3C[C@]21O. The summed E-state index contributed by atoms with van der Waals surface area (Å²) in [7, 11) is 0. The Morgan fingerprint density at radius 2 is 2.23 bits per heavy atom. The van der Waals surface area contributed by atoms with Gasteiger partial charge >= 0.3 is 6.03 Å². The number of carbonyl (C=O) groups excluding carboxylic acids is 2. The largest absolute Gasteiger partial charge is 0.369 e. The Morgan fingerprint density at radius 3 is 2.95 bits per heavy atom. The number of likely N-dealkylation sites (N-methyl/N-ethyl adjacent to an activating group) is 1. The van der Waals surface area contributed by atoms with E-state index >= 15 is 0 Å². The number of hydrogen-bond acceptors (Lipinski definition) is 3. The smallest absolute Gasteiger partial charge is 0.320 e. The van der Waals surface area contributed by atoms with Gasteiger partial charge in [0.25, 0.3) is 5.91 Å². The minimum absolute atomic E-state index is 0.111. The molecule has 3 heterocycles. The van der Waals surface area contributed by atoms with Crippen molar-refractivity contribution in [2.75, 3.05) is 13.1 Å². The van der Waals surface area contributed by atoms with E-state index in [2.05, 4.69) is 10.6 Å². The summed E-state index contributed by atoms with van der Waals surface area (Å²) in [6.45, 7) is 2.66. The first kappa shape index (κ1) is 13.9. The average molecular weight is 325 g/mol. The maximum absolute atomic E-state index is 12.2. The highest BCUT2D eigenvalue weighted by atomic mass is 35.5. The molecule has 0 aromatic carbocycles. The van der Waals surface area contributed by atoms with E-state index in [0.29, 0.717) is 30.4 Å². The number of urea groups is 1. The lowest BCUT2D eigenvalue weighted by molar-refractivity contribution is -0.0672. The first-order valence-electron chi connectivity index (χ1n) is 7.43. The third-order valence-electron chi connectivity index (χ3n) is 5.17. The highest BCUT2D eigenvalue weighted by molar-refractivity contribution is 6.30. The molecular formula is C14H17ClN4O3. The van der Waals surface area contributed by atoms with Crippen LogP contribution < -0.4 is 10.6 Å². The third-order valence-corrected chi connectivity index (χ3v) is 5.48. The Hall–Kier alpha value is -1.73. The predicted molar refractivity (Wildman–Crippen MR) is 78.6 cm³/mol. The Morgan fingerprint density at radius 1 is 1.45 bits per heavy atom. The lowest BCUT2D eigenvalue weighted by Gasteiger charge is -2.31. The standard InChI is InChI=1S/C14H17ClN4O3/c1-2-18-13(21)17-11-7-6-16-12(20)8-3-4-10(15)19(8)9(7)5-14(11,18)22/h3-4,7,9,11,22H,2,5-6H2,1H3,(H,16,20)(H,17,21)/t7-,9-,11+,14+/m1/s1. The van der Waals surface area contributed by atoms with E-state index < -0.39 is 11.8 Å². The maximum Gasteiger partial charge on any atom is 0.320 e. The molecule has 7 nitrogen and oxygen atoms in total. The number of hydrogen-bond donors (Lipinski definition) is 3. The molecule has 22 heavy (non-hydrogen) atoms. The van der Waals surface area contributed by atoms with E-state index in [1.54, 1.807) is 16.7 Å². The van der Waals surface area contributed by atoms with Gasteiger partial charge in [0.05, 0.1) is 6.04 Å². The Kier molecular flexibility index (Phi) is 2.77. The molecule has 118 valence electrons. The molecule has 2 fully saturated rings. The molecule has 0 bridgehead atoms. The fourth-order valence-electron chi connectivity index (χ4n) is 4.24. The fraction of sp³-hybridized carbons (Fsp3) is 0.571. The summed E-state index contributed by atoms with van der Waals surface area (Å²) in [6, 6.07) is 2.56. The second-order valence-electron chi connectivity index (χ2n) is 6.11. The molecule has 4 rings (SSSR count). The number of carbonyl (C=O) groups is 2. The number of halogens is 1. The van der Waals surface area contributed by atoms with Gasteiger partial charge in [0, 0.05) is 31.5 Å². The van der Waals surface area contributed by atoms with E-state index in [9.17, 15) is 14.7 Å². The van der Waals surface area contributed by atoms with Crippen molar-refractivity contribution in [3.63, 3.8) is 0 Å². The van der Waals surface area contributed by atoms with Gasteiger partial charge in [-0.25, -0.2) is 4.79 Å². The third kappa shape index (κ3) is 1.55. The van der Waals surface area contributed by atoms with Crippen molar-refractivity contribution >= 4 is 23.5 Å². The minimum Gasteiger partial charge on any atom is -0.369 e. The average Bonchev–Trinajstić information content (AvgIpc) is 3.01. The Balaban J connectivity index is 1.81. The van der Waals surface area contributed by atoms with Gasteiger partial charge < -0.3 is 20.3 Å². The van der Waals surface area contributed by atoms with Crippen LogP contribution >= 0.6 is 11.6 Å². The molecule has 3 N–H and O–H groups in total. The minimum atomic E-state index is -1.24. The summed E-state index contributed by atoms with van der Waals surface area (Å²) in [5.41, 5.74) is -0.746. The highest BCUT2D eigenvalue weighted by Crippen LogP contribution is 2.49. The molecule has 1 aliphatic carbocycles. The molecule has 8 heteroatoms. The summed E-state index contributed by atoms with van der Waals surface area (Å²) in [6.07, 6.45) is 0.352. The van der Waals surface area contributed by atoms with Gasteiger partial charge in [-0.2, -0.15) is 0 Å². The number of aromatic nitrogens is 1. The van der Waals surface area contributed by atoms with Gasteiger partial charge in [0.2, 0.25) is 0 Å². The van der Waals surface area contributed by atoms with Crippen molar-refractivity contribution in [2.45, 2.75) is 31.2 Å². The molecule has 2 aliphatic heterocycles. The molecule has 0 unspecified atom stereocenters. The summed E-state index contributed by atoms with van der Waals surface area (Å²) >= 11 is 6.26. The number of aliphatic hydroxyl groups is 1. The topological polar surface area (TPSA) is 86.6 Å². The van der Waals surface area contributed by atoms with Crippen LogP contribution in [-0.4, -0.2) is 51.4 Å². The van der Waals surface area contributed by atoms with E-state index in [1.165, 1.54) is 4.90 Å². The summed E-state index contributed by atoms with van der Waals surface area (Å²) in [4.78, 5) is 25.7. The quantitative estimate of drug-likeness (QED) is 0.705. The van der Waals surface area contributed by atoms with Gasteiger partial charge in [-0.3, -0.25) is 9.69 Å². The van der Waals surface area contributed by atoms with E-state index in [1.807, 2.05) is 6.92 Å². The van der Waals surface area contributed by atoms with Crippen LogP contribution in [0.4, 0.5) is 4.79 Å². The first-order valence-corrected chi connectivity index (χ1v) is 7.80. The summed E-state index contributed by atoms with van der Waals surface area (Å²) < 4.78 is 1.78. The van der Waals surface area contributed by atoms with Gasteiger partial charge in [0.15, 0.2) is 5.72 Å². The summed E-state index contributed by atoms with van der Waals surface area (Å²) in [5.74, 6) is -0.290. The molecule has 4 atom stereocenters. The van der Waals surface area contributed by atoms with Crippen molar-refractivity contribution in [2.24, 2.45) is 5.92 Å². The number of nitrogens with zero attached hydrogens (tertiary/aromatic N) is 2. The van der Waals surface area contributed by atoms with Crippen LogP contribution in [-0.2, 0) is 0 Å². The summed E-state index contributed by atoms with van der Waals surface area (Å²) in [5, 5.41) is 17.3. The maximum atomic E-state index is 12.2. The number of rotatable bonds is 1. The lowest BCUT2D eigenvalue weighted by atomic mass is 9.98. The molecule has 1 saturated carbocycles. The van der Waals surface area contributed by atoms with E-state index in [-0.39, 0.29) is 23.9 Å². The van der Waals surface area contributed by atoms with Crippen LogP contribution in [0, 0.1) is 5.92 Å². The van der Waals surface area contributed by atoms with Crippen molar-refractivity contribution in [3.05, 3.63) is 23.0 Å². The van der Waals surface area contributed by atoms with Crippen molar-refractivity contribution in [1.82, 2.24) is 20.1 Å². The molecule has 1 saturated heterocycles. The van der Waals surface area contributed by atoms with Crippen LogP contribution in [0.15, 0.2) is 12.1 Å². The number of fused-ring (bicyclic) bond motifs is 5.